The number of carbonyl (C=O) groups excluding carboxylic acids is 1. The number of cyclic esters (lactones) is 1. The lowest BCUT2D eigenvalue weighted by atomic mass is 10.1. The van der Waals surface area contributed by atoms with Gasteiger partial charge in [-0.1, -0.05) is 0 Å². The van der Waals surface area contributed by atoms with Crippen molar-refractivity contribution in [3.8, 4) is 0 Å². The number of hydrogen-bond donors (Lipinski definition) is 1. The number of hydrogen-bond acceptors (Lipinski definition) is 3. The molecule has 1 saturated heterocycles. The molecular weight excluding hydrogens is 146 g/mol. The average molecular weight is 159 g/mol. The van der Waals surface area contributed by atoms with Crippen LogP contribution in [0.15, 0.2) is 0 Å². The van der Waals surface area contributed by atoms with Crippen molar-refractivity contribution in [3.63, 3.8) is 0 Å². The topological polar surface area (TPSA) is 49.8 Å². The van der Waals surface area contributed by atoms with Crippen molar-refractivity contribution in [1.82, 2.24) is 4.90 Å². The summed E-state index contributed by atoms with van der Waals surface area (Å²) in [6.07, 6.45) is -0.330. The van der Waals surface area contributed by atoms with Crippen LogP contribution in [0.2, 0.25) is 0 Å². The highest BCUT2D eigenvalue weighted by molar-refractivity contribution is 5.70. The molecule has 0 aliphatic carbocycles. The lowest BCUT2D eigenvalue weighted by Crippen LogP contribution is -2.34. The summed E-state index contributed by atoms with van der Waals surface area (Å²) in [6, 6.07) is 0. The quantitative estimate of drug-likeness (QED) is 0.626. The van der Waals surface area contributed by atoms with Crippen molar-refractivity contribution in [1.29, 1.82) is 0 Å². The Morgan fingerprint density at radius 1 is 1.82 bits per heavy atom. The average Bonchev–Trinajstić information content (AvgIpc) is 2.27. The van der Waals surface area contributed by atoms with Gasteiger partial charge < -0.3 is 14.7 Å². The molecule has 1 aliphatic rings. The number of carbonyl (C=O) groups is 1. The Bertz CT molecular complexity index is 171. The minimum absolute atomic E-state index is 0.116. The van der Waals surface area contributed by atoms with Crippen LogP contribution in [0.1, 0.15) is 13.8 Å². The summed E-state index contributed by atoms with van der Waals surface area (Å²) in [5, 5.41) is 8.85. The van der Waals surface area contributed by atoms with E-state index in [2.05, 4.69) is 0 Å². The Morgan fingerprint density at radius 3 is 2.73 bits per heavy atom. The van der Waals surface area contributed by atoms with Crippen molar-refractivity contribution in [3.05, 3.63) is 0 Å². The predicted octanol–water partition coefficient (Wildman–Crippen LogP) is 0.210. The number of nitrogens with zero attached hydrogens (tertiary/aromatic N) is 1. The first-order valence-electron chi connectivity index (χ1n) is 3.70. The molecule has 0 bridgehead atoms. The van der Waals surface area contributed by atoms with Crippen LogP contribution in [-0.4, -0.2) is 41.4 Å². The first-order chi connectivity index (χ1) is 5.11. The Balaban J connectivity index is 2.62. The zero-order valence-corrected chi connectivity index (χ0v) is 6.83. The molecule has 1 atom stereocenters. The van der Waals surface area contributed by atoms with Crippen molar-refractivity contribution >= 4 is 6.09 Å². The standard InChI is InChI=1S/C7H13NO3/c1-3-8-4-7(2,5-9)11-6(8)10/h9H,3-5H2,1-2H3. The van der Waals surface area contributed by atoms with Crippen molar-refractivity contribution < 1.29 is 14.6 Å². The van der Waals surface area contributed by atoms with Crippen molar-refractivity contribution in [2.24, 2.45) is 0 Å². The molecule has 0 spiro atoms. The first-order valence-corrected chi connectivity index (χ1v) is 3.70. The molecule has 1 unspecified atom stereocenters. The van der Waals surface area contributed by atoms with Gasteiger partial charge in [-0.15, -0.1) is 0 Å². The van der Waals surface area contributed by atoms with Gasteiger partial charge in [-0.3, -0.25) is 0 Å². The van der Waals surface area contributed by atoms with E-state index in [1.807, 2.05) is 6.92 Å². The predicted molar refractivity (Wildman–Crippen MR) is 39.2 cm³/mol. The minimum atomic E-state index is -0.687. The highest BCUT2D eigenvalue weighted by atomic mass is 16.6. The van der Waals surface area contributed by atoms with E-state index in [1.165, 1.54) is 0 Å². The van der Waals surface area contributed by atoms with Crippen LogP contribution in [0.3, 0.4) is 0 Å². The second-order valence-electron chi connectivity index (χ2n) is 2.99. The van der Waals surface area contributed by atoms with E-state index in [0.717, 1.165) is 0 Å². The van der Waals surface area contributed by atoms with Gasteiger partial charge in [0.1, 0.15) is 0 Å². The number of amides is 1. The number of ether oxygens (including phenoxy) is 1. The zero-order chi connectivity index (χ0) is 8.48. The van der Waals surface area contributed by atoms with Crippen LogP contribution < -0.4 is 0 Å². The van der Waals surface area contributed by atoms with Gasteiger partial charge in [-0.05, 0) is 13.8 Å². The Kier molecular flexibility index (Phi) is 2.04. The molecule has 0 saturated carbocycles. The summed E-state index contributed by atoms with van der Waals surface area (Å²) >= 11 is 0. The SMILES string of the molecule is CCN1CC(C)(CO)OC1=O. The van der Waals surface area contributed by atoms with E-state index in [0.29, 0.717) is 13.1 Å². The van der Waals surface area contributed by atoms with Gasteiger partial charge in [0.25, 0.3) is 0 Å². The lowest BCUT2D eigenvalue weighted by Gasteiger charge is -2.17. The Hall–Kier alpha value is -0.770. The fourth-order valence-electron chi connectivity index (χ4n) is 1.10. The molecule has 1 aliphatic heterocycles. The van der Waals surface area contributed by atoms with Crippen molar-refractivity contribution in [2.45, 2.75) is 19.4 Å². The zero-order valence-electron chi connectivity index (χ0n) is 6.83. The van der Waals surface area contributed by atoms with Crippen LogP contribution >= 0.6 is 0 Å². The van der Waals surface area contributed by atoms with Crippen molar-refractivity contribution in [2.75, 3.05) is 19.7 Å². The van der Waals surface area contributed by atoms with Gasteiger partial charge in [0.15, 0.2) is 5.60 Å². The number of rotatable bonds is 2. The fourth-order valence-corrected chi connectivity index (χ4v) is 1.10. The van der Waals surface area contributed by atoms with E-state index in [9.17, 15) is 4.79 Å². The van der Waals surface area contributed by atoms with Gasteiger partial charge in [0.05, 0.1) is 13.2 Å². The molecule has 4 nitrogen and oxygen atoms in total. The number of aliphatic hydroxyl groups is 1. The van der Waals surface area contributed by atoms with Gasteiger partial charge >= 0.3 is 6.09 Å². The molecule has 1 fully saturated rings. The summed E-state index contributed by atoms with van der Waals surface area (Å²) in [4.78, 5) is 12.5. The van der Waals surface area contributed by atoms with Gasteiger partial charge in [-0.2, -0.15) is 0 Å². The lowest BCUT2D eigenvalue weighted by molar-refractivity contribution is 0.0219. The van der Waals surface area contributed by atoms with E-state index in [-0.39, 0.29) is 12.7 Å². The third-order valence-corrected chi connectivity index (χ3v) is 1.83. The second-order valence-corrected chi connectivity index (χ2v) is 2.99. The van der Waals surface area contributed by atoms with Crippen LogP contribution in [-0.2, 0) is 4.74 Å². The first kappa shape index (κ1) is 8.33. The molecule has 0 radical (unpaired) electrons. The van der Waals surface area contributed by atoms with E-state index in [1.54, 1.807) is 11.8 Å². The van der Waals surface area contributed by atoms with Gasteiger partial charge in [0.2, 0.25) is 0 Å². The summed E-state index contributed by atoms with van der Waals surface area (Å²) in [6.45, 7) is 4.60. The smallest absolute Gasteiger partial charge is 0.410 e. The van der Waals surface area contributed by atoms with Crippen LogP contribution in [0.4, 0.5) is 4.79 Å². The molecule has 0 aromatic rings. The second kappa shape index (κ2) is 2.70. The third kappa shape index (κ3) is 1.45. The fraction of sp³-hybridized carbons (Fsp3) is 0.857. The molecule has 1 N–H and O–H groups in total. The molecule has 1 amide bonds. The van der Waals surface area contributed by atoms with E-state index in [4.69, 9.17) is 9.84 Å². The maximum atomic E-state index is 11.0. The molecule has 11 heavy (non-hydrogen) atoms. The Morgan fingerprint density at radius 2 is 2.45 bits per heavy atom. The highest BCUT2D eigenvalue weighted by Crippen LogP contribution is 2.20. The van der Waals surface area contributed by atoms with Crippen LogP contribution in [0.5, 0.6) is 0 Å². The molecule has 64 valence electrons. The maximum absolute atomic E-state index is 11.0. The monoisotopic (exact) mass is 159 g/mol. The van der Waals surface area contributed by atoms with Gasteiger partial charge in [-0.25, -0.2) is 4.79 Å². The van der Waals surface area contributed by atoms with Crippen LogP contribution in [0, 0.1) is 0 Å². The number of likely N-dealkylation sites (N-methyl/N-ethyl adjacent to an activating group) is 1. The van der Waals surface area contributed by atoms with Crippen LogP contribution in [0.25, 0.3) is 0 Å². The summed E-state index contributed by atoms with van der Waals surface area (Å²) in [5.74, 6) is 0. The Labute approximate surface area is 65.8 Å². The molecule has 1 heterocycles. The number of aliphatic hydroxyl groups excluding tert-OH is 1. The summed E-state index contributed by atoms with van der Waals surface area (Å²) in [5.41, 5.74) is -0.687. The summed E-state index contributed by atoms with van der Waals surface area (Å²) < 4.78 is 4.94. The molecule has 0 aromatic heterocycles. The summed E-state index contributed by atoms with van der Waals surface area (Å²) in [7, 11) is 0. The van der Waals surface area contributed by atoms with Gasteiger partial charge in [0, 0.05) is 6.54 Å². The van der Waals surface area contributed by atoms with E-state index < -0.39 is 5.60 Å². The highest BCUT2D eigenvalue weighted by Gasteiger charge is 2.39. The third-order valence-electron chi connectivity index (χ3n) is 1.83. The van der Waals surface area contributed by atoms with E-state index >= 15 is 0 Å². The maximum Gasteiger partial charge on any atom is 0.410 e. The largest absolute Gasteiger partial charge is 0.439 e. The normalized spacial score (nSPS) is 30.8. The molecule has 4 heteroatoms. The molecular formula is C7H13NO3. The molecule has 0 aromatic carbocycles. The molecule has 1 rings (SSSR count). The minimum Gasteiger partial charge on any atom is -0.439 e.